The quantitative estimate of drug-likeness (QED) is 0.0655. The van der Waals surface area contributed by atoms with Gasteiger partial charge in [0.25, 0.3) is 0 Å². The number of hydrogen-bond acceptors (Lipinski definition) is 11. The van der Waals surface area contributed by atoms with Crippen molar-refractivity contribution >= 4 is 45.8 Å². The largest absolute Gasteiger partial charge is 0.497 e. The molecule has 52 heavy (non-hydrogen) atoms. The summed E-state index contributed by atoms with van der Waals surface area (Å²) in [7, 11) is 6.95. The first-order valence-electron chi connectivity index (χ1n) is 15.9. The molecule has 0 aliphatic carbocycles. The Balaban J connectivity index is 0.000000243. The van der Waals surface area contributed by atoms with Gasteiger partial charge in [-0.05, 0) is 85.5 Å². The highest BCUT2D eigenvalue weighted by molar-refractivity contribution is 7.10. The van der Waals surface area contributed by atoms with Crippen molar-refractivity contribution in [2.45, 2.75) is 24.2 Å². The third-order valence-corrected chi connectivity index (χ3v) is 8.89. The van der Waals surface area contributed by atoms with Gasteiger partial charge in [-0.3, -0.25) is 4.79 Å². The predicted octanol–water partition coefficient (Wildman–Crippen LogP) is 5.99. The number of carboxylic acids is 2. The molecule has 0 radical (unpaired) electrons. The van der Waals surface area contributed by atoms with E-state index in [4.69, 9.17) is 18.9 Å². The lowest BCUT2D eigenvalue weighted by Gasteiger charge is -2.30. The SMILES string of the molecule is CN(C)CC[C@H](Oc1cccc2ccccc12)c1cccs1.COc1ccc(C(=O)O[C@](C(=O)O)(C(=O)c2ccc(OC)cc2)[C@@H](O)C(=O)O)cc1. The second kappa shape index (κ2) is 17.9. The number of esters is 1. The number of ether oxygens (including phenoxy) is 4. The molecule has 0 fully saturated rings. The maximum absolute atomic E-state index is 13.0. The zero-order chi connectivity index (χ0) is 37.8. The van der Waals surface area contributed by atoms with Crippen LogP contribution in [-0.2, 0) is 14.3 Å². The minimum Gasteiger partial charge on any atom is -0.497 e. The highest BCUT2D eigenvalue weighted by atomic mass is 32.1. The second-order valence-corrected chi connectivity index (χ2v) is 12.6. The normalized spacial score (nSPS) is 13.1. The molecule has 5 rings (SSSR count). The molecule has 13 heteroatoms. The Morgan fingerprint density at radius 3 is 1.90 bits per heavy atom. The fourth-order valence-electron chi connectivity index (χ4n) is 5.11. The third-order valence-electron chi connectivity index (χ3n) is 7.92. The minimum absolute atomic E-state index is 0.105. The van der Waals surface area contributed by atoms with E-state index >= 15 is 0 Å². The van der Waals surface area contributed by atoms with Crippen LogP contribution in [-0.4, -0.2) is 90.5 Å². The van der Waals surface area contributed by atoms with Gasteiger partial charge in [-0.25, -0.2) is 14.4 Å². The summed E-state index contributed by atoms with van der Waals surface area (Å²) in [5.74, 6) is -5.30. The van der Waals surface area contributed by atoms with E-state index in [9.17, 15) is 34.5 Å². The smallest absolute Gasteiger partial charge is 0.360 e. The molecular formula is C39H39NO11S. The lowest BCUT2D eigenvalue weighted by atomic mass is 9.86. The molecule has 0 saturated carbocycles. The van der Waals surface area contributed by atoms with Gasteiger partial charge in [-0.2, -0.15) is 0 Å². The van der Waals surface area contributed by atoms with Crippen molar-refractivity contribution in [2.75, 3.05) is 34.9 Å². The minimum atomic E-state index is -3.43. The average molecular weight is 730 g/mol. The van der Waals surface area contributed by atoms with E-state index in [0.717, 1.165) is 30.8 Å². The molecule has 0 aliphatic heterocycles. The fraction of sp³-hybridized carbons (Fsp3) is 0.231. The Kier molecular flexibility index (Phi) is 13.5. The number of fused-ring (bicyclic) bond motifs is 1. The zero-order valence-electron chi connectivity index (χ0n) is 28.9. The van der Waals surface area contributed by atoms with Gasteiger partial charge in [-0.15, -0.1) is 11.3 Å². The number of methoxy groups -OCH3 is 2. The molecule has 5 aromatic rings. The number of carboxylic acid groups (broad SMARTS) is 2. The number of rotatable bonds is 15. The van der Waals surface area contributed by atoms with E-state index in [-0.39, 0.29) is 17.2 Å². The Morgan fingerprint density at radius 1 is 0.769 bits per heavy atom. The van der Waals surface area contributed by atoms with Crippen molar-refractivity contribution in [1.29, 1.82) is 0 Å². The number of aliphatic hydroxyl groups excluding tert-OH is 1. The molecule has 1 aromatic heterocycles. The maximum Gasteiger partial charge on any atom is 0.360 e. The van der Waals surface area contributed by atoms with Gasteiger partial charge in [0.15, 0.2) is 0 Å². The summed E-state index contributed by atoms with van der Waals surface area (Å²) in [6, 6.07) is 29.0. The summed E-state index contributed by atoms with van der Waals surface area (Å²) in [6.07, 6.45) is -1.79. The first-order valence-corrected chi connectivity index (χ1v) is 16.8. The number of hydrogen-bond donors (Lipinski definition) is 3. The Morgan fingerprint density at radius 2 is 1.37 bits per heavy atom. The van der Waals surface area contributed by atoms with Crippen molar-refractivity contribution < 1.29 is 53.4 Å². The molecular weight excluding hydrogens is 690 g/mol. The van der Waals surface area contributed by atoms with Crippen molar-refractivity contribution in [2.24, 2.45) is 0 Å². The van der Waals surface area contributed by atoms with Gasteiger partial charge in [0.1, 0.15) is 23.4 Å². The van der Waals surface area contributed by atoms with Crippen LogP contribution >= 0.6 is 11.3 Å². The number of aliphatic carboxylic acids is 2. The predicted molar refractivity (Wildman–Crippen MR) is 195 cm³/mol. The van der Waals surface area contributed by atoms with Crippen LogP contribution in [0.15, 0.2) is 109 Å². The standard InChI is InChI=1S/C20H18O10.C19H21NOS/c1-28-13-7-3-11(4-8-13)15(21)20(19(26)27,16(22)17(23)24)30-18(25)12-5-9-14(29-2)10-6-12;1-20(2)13-12-18(19-11-6-14-22-19)21-17-10-5-8-15-7-3-4-9-16(15)17/h3-10,16,22H,1-2H3,(H,23,24)(H,26,27);3-11,14,18H,12-13H2,1-2H3/t16-,20+;18-/m00/s1. The van der Waals surface area contributed by atoms with E-state index in [1.807, 2.05) is 0 Å². The van der Waals surface area contributed by atoms with Crippen LogP contribution in [0.25, 0.3) is 10.8 Å². The highest BCUT2D eigenvalue weighted by Crippen LogP contribution is 2.33. The lowest BCUT2D eigenvalue weighted by Crippen LogP contribution is -2.61. The molecule has 0 unspecified atom stereocenters. The molecule has 0 bridgehead atoms. The van der Waals surface area contributed by atoms with Crippen LogP contribution in [0.3, 0.4) is 0 Å². The first kappa shape index (κ1) is 39.0. The van der Waals surface area contributed by atoms with Crippen LogP contribution in [0, 0.1) is 0 Å². The van der Waals surface area contributed by atoms with E-state index in [1.54, 1.807) is 11.3 Å². The van der Waals surface area contributed by atoms with Crippen molar-refractivity contribution in [1.82, 2.24) is 4.90 Å². The number of Topliss-reactive ketones (excluding diaryl/α,β-unsaturated/α-hetero) is 1. The summed E-state index contributed by atoms with van der Waals surface area (Å²) in [5, 5.41) is 33.5. The summed E-state index contributed by atoms with van der Waals surface area (Å²) in [4.78, 5) is 52.4. The van der Waals surface area contributed by atoms with Gasteiger partial charge < -0.3 is 39.2 Å². The monoisotopic (exact) mass is 729 g/mol. The summed E-state index contributed by atoms with van der Waals surface area (Å²) in [6.45, 7) is 1.01. The van der Waals surface area contributed by atoms with Gasteiger partial charge in [0.2, 0.25) is 11.9 Å². The summed E-state index contributed by atoms with van der Waals surface area (Å²) in [5.41, 5.74) is -3.94. The molecule has 0 amide bonds. The van der Waals surface area contributed by atoms with Crippen LogP contribution in [0.1, 0.15) is 38.1 Å². The molecule has 3 atom stereocenters. The number of ketones is 1. The number of carbonyl (C=O) groups excluding carboxylic acids is 2. The topological polar surface area (TPSA) is 169 Å². The maximum atomic E-state index is 13.0. The summed E-state index contributed by atoms with van der Waals surface area (Å²) >= 11 is 1.76. The molecule has 272 valence electrons. The van der Waals surface area contributed by atoms with E-state index in [2.05, 4.69) is 79.0 Å². The average Bonchev–Trinajstić information content (AvgIpc) is 3.70. The number of carbonyl (C=O) groups is 4. The Labute approximate surface area is 304 Å². The van der Waals surface area contributed by atoms with Crippen LogP contribution in [0.2, 0.25) is 0 Å². The Hall–Kier alpha value is -5.76. The number of benzene rings is 4. The van der Waals surface area contributed by atoms with Crippen LogP contribution in [0.5, 0.6) is 17.2 Å². The zero-order valence-corrected chi connectivity index (χ0v) is 29.7. The van der Waals surface area contributed by atoms with Gasteiger partial charge >= 0.3 is 23.5 Å². The van der Waals surface area contributed by atoms with Crippen molar-refractivity contribution in [3.8, 4) is 17.2 Å². The van der Waals surface area contributed by atoms with E-state index < -0.39 is 35.4 Å². The molecule has 12 nitrogen and oxygen atoms in total. The number of aliphatic hydroxyl groups is 1. The molecule has 0 aliphatic rings. The molecule has 4 aromatic carbocycles. The molecule has 1 heterocycles. The van der Waals surface area contributed by atoms with Crippen molar-refractivity contribution in [3.05, 3.63) is 125 Å². The van der Waals surface area contributed by atoms with Crippen LogP contribution < -0.4 is 14.2 Å². The third kappa shape index (κ3) is 9.31. The van der Waals surface area contributed by atoms with Crippen LogP contribution in [0.4, 0.5) is 0 Å². The molecule has 0 spiro atoms. The summed E-state index contributed by atoms with van der Waals surface area (Å²) < 4.78 is 21.2. The number of thiophene rings is 1. The first-order chi connectivity index (χ1) is 24.9. The molecule has 0 saturated heterocycles. The number of nitrogens with zero attached hydrogens (tertiary/aromatic N) is 1. The van der Waals surface area contributed by atoms with Gasteiger partial charge in [-0.1, -0.05) is 42.5 Å². The van der Waals surface area contributed by atoms with Gasteiger partial charge in [0.05, 0.1) is 19.8 Å². The van der Waals surface area contributed by atoms with Gasteiger partial charge in [0, 0.05) is 28.8 Å². The van der Waals surface area contributed by atoms with Crippen molar-refractivity contribution in [3.63, 3.8) is 0 Å². The van der Waals surface area contributed by atoms with E-state index in [0.29, 0.717) is 11.5 Å². The lowest BCUT2D eigenvalue weighted by molar-refractivity contribution is -0.176. The Bertz CT molecular complexity index is 1960. The fourth-order valence-corrected chi connectivity index (χ4v) is 5.90. The second-order valence-electron chi connectivity index (χ2n) is 11.6. The highest BCUT2D eigenvalue weighted by Gasteiger charge is 2.59. The van der Waals surface area contributed by atoms with E-state index in [1.165, 1.54) is 66.3 Å². The molecule has 3 N–H and O–H groups in total.